The van der Waals surface area contributed by atoms with Gasteiger partial charge in [0, 0.05) is 0 Å². The predicted octanol–water partition coefficient (Wildman–Crippen LogP) is 0.645. The van der Waals surface area contributed by atoms with E-state index < -0.39 is 0 Å². The molecule has 0 aliphatic heterocycles. The van der Waals surface area contributed by atoms with Gasteiger partial charge in [0.2, 0.25) is 5.91 Å². The van der Waals surface area contributed by atoms with Crippen LogP contribution in [0.2, 0.25) is 0 Å². The maximum Gasteiger partial charge on any atom is 0.236 e. The lowest BCUT2D eigenvalue weighted by Gasteiger charge is -1.96. The summed E-state index contributed by atoms with van der Waals surface area (Å²) in [4.78, 5) is 10.3. The van der Waals surface area contributed by atoms with Crippen LogP contribution in [0.4, 0.5) is 5.00 Å². The first-order valence-corrected chi connectivity index (χ1v) is 3.72. The number of primary amides is 1. The minimum atomic E-state index is -0.339. The van der Waals surface area contributed by atoms with E-state index in [9.17, 15) is 4.79 Å². The molecule has 1 amide bonds. The number of amides is 1. The second-order valence-corrected chi connectivity index (χ2v) is 2.74. The first-order valence-electron chi connectivity index (χ1n) is 2.85. The molecule has 0 radical (unpaired) electrons. The molecule has 10 heavy (non-hydrogen) atoms. The molecule has 0 spiro atoms. The van der Waals surface area contributed by atoms with Crippen LogP contribution in [0.3, 0.4) is 0 Å². The van der Waals surface area contributed by atoms with Crippen molar-refractivity contribution in [1.82, 2.24) is 0 Å². The van der Waals surface area contributed by atoms with Gasteiger partial charge in [-0.05, 0) is 17.5 Å². The molecule has 0 unspecified atom stereocenters. The highest BCUT2D eigenvalue weighted by atomic mass is 32.1. The number of carbonyl (C=O) groups excluding carboxylic acids is 1. The lowest BCUT2D eigenvalue weighted by Crippen LogP contribution is -2.21. The largest absolute Gasteiger partial charge is 0.368 e. The van der Waals surface area contributed by atoms with Crippen LogP contribution < -0.4 is 11.1 Å². The van der Waals surface area contributed by atoms with Gasteiger partial charge in [-0.2, -0.15) is 0 Å². The van der Waals surface area contributed by atoms with Gasteiger partial charge in [0.25, 0.3) is 0 Å². The molecule has 0 saturated carbocycles. The molecule has 1 heterocycles. The van der Waals surface area contributed by atoms with Crippen LogP contribution >= 0.6 is 11.3 Å². The van der Waals surface area contributed by atoms with Gasteiger partial charge < -0.3 is 11.1 Å². The van der Waals surface area contributed by atoms with E-state index in [2.05, 4.69) is 5.32 Å². The summed E-state index contributed by atoms with van der Waals surface area (Å²) in [7, 11) is 0. The van der Waals surface area contributed by atoms with Gasteiger partial charge in [0.05, 0.1) is 11.5 Å². The smallest absolute Gasteiger partial charge is 0.236 e. The van der Waals surface area contributed by atoms with Gasteiger partial charge in [-0.3, -0.25) is 4.79 Å². The van der Waals surface area contributed by atoms with Gasteiger partial charge in [-0.15, -0.1) is 11.3 Å². The summed E-state index contributed by atoms with van der Waals surface area (Å²) < 4.78 is 0. The highest BCUT2D eigenvalue weighted by Crippen LogP contribution is 2.13. The quantitative estimate of drug-likeness (QED) is 0.675. The molecule has 1 aromatic rings. The summed E-state index contributed by atoms with van der Waals surface area (Å²) in [6.45, 7) is 0.209. The Bertz CT molecular complexity index is 208. The molecule has 3 N–H and O–H groups in total. The number of hydrogen-bond donors (Lipinski definition) is 2. The molecule has 0 aliphatic carbocycles. The van der Waals surface area contributed by atoms with Gasteiger partial charge in [0.1, 0.15) is 0 Å². The van der Waals surface area contributed by atoms with Crippen LogP contribution in [-0.2, 0) is 4.79 Å². The third-order valence-corrected chi connectivity index (χ3v) is 1.79. The zero-order valence-electron chi connectivity index (χ0n) is 5.33. The first-order chi connectivity index (χ1) is 4.79. The molecule has 0 bridgehead atoms. The Kier molecular flexibility index (Phi) is 2.28. The topological polar surface area (TPSA) is 55.1 Å². The van der Waals surface area contributed by atoms with Crippen molar-refractivity contribution in [3.05, 3.63) is 17.5 Å². The maximum atomic E-state index is 10.3. The van der Waals surface area contributed by atoms with E-state index in [1.807, 2.05) is 17.5 Å². The van der Waals surface area contributed by atoms with E-state index in [1.54, 1.807) is 11.3 Å². The van der Waals surface area contributed by atoms with Crippen LogP contribution in [0.1, 0.15) is 0 Å². The van der Waals surface area contributed by atoms with Gasteiger partial charge in [-0.25, -0.2) is 0 Å². The molecule has 3 nitrogen and oxygen atoms in total. The molecular weight excluding hydrogens is 148 g/mol. The van der Waals surface area contributed by atoms with E-state index in [-0.39, 0.29) is 12.5 Å². The fourth-order valence-electron chi connectivity index (χ4n) is 0.553. The normalized spacial score (nSPS) is 9.20. The fraction of sp³-hybridized carbons (Fsp3) is 0.167. The first kappa shape index (κ1) is 7.08. The van der Waals surface area contributed by atoms with Crippen molar-refractivity contribution in [2.75, 3.05) is 11.9 Å². The minimum Gasteiger partial charge on any atom is -0.368 e. The molecule has 0 fully saturated rings. The molecule has 4 heteroatoms. The van der Waals surface area contributed by atoms with Crippen molar-refractivity contribution < 1.29 is 4.79 Å². The molecule has 0 saturated heterocycles. The lowest BCUT2D eigenvalue weighted by molar-refractivity contribution is -0.116. The zero-order valence-corrected chi connectivity index (χ0v) is 6.15. The Morgan fingerprint density at radius 3 is 3.10 bits per heavy atom. The predicted molar refractivity (Wildman–Crippen MR) is 42.0 cm³/mol. The Labute approximate surface area is 62.9 Å². The number of thiophene rings is 1. The Hall–Kier alpha value is -1.03. The van der Waals surface area contributed by atoms with Crippen LogP contribution in [0.25, 0.3) is 0 Å². The Balaban J connectivity index is 2.35. The molecule has 0 aromatic carbocycles. The maximum absolute atomic E-state index is 10.3. The van der Waals surface area contributed by atoms with Crippen molar-refractivity contribution in [3.63, 3.8) is 0 Å². The summed E-state index contributed by atoms with van der Waals surface area (Å²) in [5.41, 5.74) is 4.91. The van der Waals surface area contributed by atoms with Crippen molar-refractivity contribution in [3.8, 4) is 0 Å². The van der Waals surface area contributed by atoms with E-state index >= 15 is 0 Å². The monoisotopic (exact) mass is 156 g/mol. The van der Waals surface area contributed by atoms with E-state index in [1.165, 1.54) is 0 Å². The van der Waals surface area contributed by atoms with Crippen LogP contribution in [0.5, 0.6) is 0 Å². The van der Waals surface area contributed by atoms with Gasteiger partial charge >= 0.3 is 0 Å². The Morgan fingerprint density at radius 2 is 2.60 bits per heavy atom. The standard InChI is InChI=1S/C6H8N2OS/c7-5(9)4-8-6-2-1-3-10-6/h1-3,8H,4H2,(H2,7,9). The molecule has 0 atom stereocenters. The number of anilines is 1. The van der Waals surface area contributed by atoms with E-state index in [4.69, 9.17) is 5.73 Å². The van der Waals surface area contributed by atoms with Crippen molar-refractivity contribution in [1.29, 1.82) is 0 Å². The molecule has 1 rings (SSSR count). The number of nitrogens with two attached hydrogens (primary N) is 1. The van der Waals surface area contributed by atoms with Gasteiger partial charge in [0.15, 0.2) is 0 Å². The summed E-state index contributed by atoms with van der Waals surface area (Å²) in [5, 5.41) is 5.77. The second kappa shape index (κ2) is 3.22. The summed E-state index contributed by atoms with van der Waals surface area (Å²) in [5.74, 6) is -0.339. The summed E-state index contributed by atoms with van der Waals surface area (Å²) >= 11 is 1.55. The van der Waals surface area contributed by atoms with Crippen LogP contribution in [-0.4, -0.2) is 12.5 Å². The van der Waals surface area contributed by atoms with Crippen LogP contribution in [0, 0.1) is 0 Å². The second-order valence-electron chi connectivity index (χ2n) is 1.80. The number of rotatable bonds is 3. The van der Waals surface area contributed by atoms with Crippen molar-refractivity contribution >= 4 is 22.2 Å². The van der Waals surface area contributed by atoms with Crippen molar-refractivity contribution in [2.24, 2.45) is 5.73 Å². The number of carbonyl (C=O) groups is 1. The van der Waals surface area contributed by atoms with E-state index in [0.717, 1.165) is 5.00 Å². The zero-order chi connectivity index (χ0) is 7.40. The third-order valence-electron chi connectivity index (χ3n) is 0.958. The number of hydrogen-bond acceptors (Lipinski definition) is 3. The third kappa shape index (κ3) is 2.06. The van der Waals surface area contributed by atoms with Gasteiger partial charge in [-0.1, -0.05) is 0 Å². The molecule has 54 valence electrons. The summed E-state index contributed by atoms with van der Waals surface area (Å²) in [6.07, 6.45) is 0. The highest BCUT2D eigenvalue weighted by molar-refractivity contribution is 7.14. The fourth-order valence-corrected chi connectivity index (χ4v) is 1.17. The minimum absolute atomic E-state index is 0.209. The summed E-state index contributed by atoms with van der Waals surface area (Å²) in [6, 6.07) is 3.81. The van der Waals surface area contributed by atoms with E-state index in [0.29, 0.717) is 0 Å². The average Bonchev–Trinajstić information content (AvgIpc) is 2.34. The van der Waals surface area contributed by atoms with Crippen LogP contribution in [0.15, 0.2) is 17.5 Å². The highest BCUT2D eigenvalue weighted by Gasteiger charge is 1.93. The average molecular weight is 156 g/mol. The molecule has 1 aromatic heterocycles. The number of nitrogens with one attached hydrogen (secondary N) is 1. The Morgan fingerprint density at radius 1 is 1.80 bits per heavy atom. The lowest BCUT2D eigenvalue weighted by atomic mass is 10.5. The van der Waals surface area contributed by atoms with Crippen molar-refractivity contribution in [2.45, 2.75) is 0 Å². The molecule has 0 aliphatic rings. The SMILES string of the molecule is NC(=O)CNc1cccs1. The molecular formula is C6H8N2OS.